The number of hydrogen-bond acceptors (Lipinski definition) is 5. The molecular formula is C19H20N2O3. The van der Waals surface area contributed by atoms with Gasteiger partial charge in [-0.2, -0.15) is 0 Å². The third kappa shape index (κ3) is 3.63. The molecule has 0 saturated carbocycles. The normalized spacial score (nSPS) is 11.1. The van der Waals surface area contributed by atoms with Gasteiger partial charge < -0.3 is 14.1 Å². The molecule has 0 fully saturated rings. The van der Waals surface area contributed by atoms with Crippen LogP contribution in [0, 0.1) is 0 Å². The summed E-state index contributed by atoms with van der Waals surface area (Å²) >= 11 is 0. The number of hydrogen-bond donors (Lipinski definition) is 0. The van der Waals surface area contributed by atoms with Crippen LogP contribution in [-0.2, 0) is 0 Å². The maximum Gasteiger partial charge on any atom is 0.344 e. The molecule has 0 N–H and O–H groups in total. The molecule has 24 heavy (non-hydrogen) atoms. The summed E-state index contributed by atoms with van der Waals surface area (Å²) in [5.74, 6) is 0.602. The summed E-state index contributed by atoms with van der Waals surface area (Å²) in [7, 11) is 4.05. The Morgan fingerprint density at radius 1 is 1.17 bits per heavy atom. The average Bonchev–Trinajstić information content (AvgIpc) is 2.59. The van der Waals surface area contributed by atoms with Crippen molar-refractivity contribution in [2.75, 3.05) is 27.2 Å². The standard InChI is InChI=1S/C19H20N2O3/c1-21(2)11-4-12-23-17-6-3-5-15-13-16(19(22)24-18(15)17)14-7-9-20-10-8-14/h3,5-10,13H,4,11-12H2,1-2H3. The van der Waals surface area contributed by atoms with E-state index in [1.165, 1.54) is 0 Å². The van der Waals surface area contributed by atoms with Gasteiger partial charge in [0, 0.05) is 24.3 Å². The number of para-hydroxylation sites is 1. The molecule has 0 aliphatic heterocycles. The van der Waals surface area contributed by atoms with Crippen LogP contribution < -0.4 is 10.4 Å². The molecule has 3 rings (SSSR count). The summed E-state index contributed by atoms with van der Waals surface area (Å²) < 4.78 is 11.3. The van der Waals surface area contributed by atoms with Gasteiger partial charge in [0.15, 0.2) is 11.3 Å². The number of aromatic nitrogens is 1. The fourth-order valence-corrected chi connectivity index (χ4v) is 2.53. The van der Waals surface area contributed by atoms with E-state index >= 15 is 0 Å². The highest BCUT2D eigenvalue weighted by Gasteiger charge is 2.11. The van der Waals surface area contributed by atoms with E-state index in [4.69, 9.17) is 9.15 Å². The van der Waals surface area contributed by atoms with E-state index in [9.17, 15) is 4.79 Å². The molecule has 0 amide bonds. The van der Waals surface area contributed by atoms with Crippen molar-refractivity contribution in [1.29, 1.82) is 0 Å². The van der Waals surface area contributed by atoms with Gasteiger partial charge >= 0.3 is 5.63 Å². The topological polar surface area (TPSA) is 55.6 Å². The summed E-state index contributed by atoms with van der Waals surface area (Å²) in [4.78, 5) is 18.4. The summed E-state index contributed by atoms with van der Waals surface area (Å²) in [6.07, 6.45) is 4.22. The number of ether oxygens (including phenoxy) is 1. The molecule has 0 aliphatic rings. The Balaban J connectivity index is 1.91. The molecule has 0 atom stereocenters. The van der Waals surface area contributed by atoms with Crippen molar-refractivity contribution in [2.45, 2.75) is 6.42 Å². The molecule has 5 nitrogen and oxygen atoms in total. The molecule has 1 aromatic carbocycles. The third-order valence-corrected chi connectivity index (χ3v) is 3.72. The van der Waals surface area contributed by atoms with E-state index in [1.807, 2.05) is 38.4 Å². The van der Waals surface area contributed by atoms with E-state index in [-0.39, 0.29) is 5.63 Å². The molecule has 5 heteroatoms. The van der Waals surface area contributed by atoms with Gasteiger partial charge in [0.25, 0.3) is 0 Å². The fourth-order valence-electron chi connectivity index (χ4n) is 2.53. The van der Waals surface area contributed by atoms with Crippen LogP contribution in [0.1, 0.15) is 6.42 Å². The molecule has 0 bridgehead atoms. The maximum atomic E-state index is 12.4. The highest BCUT2D eigenvalue weighted by atomic mass is 16.5. The number of pyridine rings is 1. The second-order valence-electron chi connectivity index (χ2n) is 5.86. The van der Waals surface area contributed by atoms with Crippen LogP contribution in [0.2, 0.25) is 0 Å². The van der Waals surface area contributed by atoms with E-state index in [0.717, 1.165) is 23.9 Å². The fraction of sp³-hybridized carbons (Fsp3) is 0.263. The Morgan fingerprint density at radius 2 is 1.96 bits per heavy atom. The maximum absolute atomic E-state index is 12.4. The van der Waals surface area contributed by atoms with Crippen LogP contribution in [0.15, 0.2) is 58.0 Å². The average molecular weight is 324 g/mol. The lowest BCUT2D eigenvalue weighted by Gasteiger charge is -2.11. The summed E-state index contributed by atoms with van der Waals surface area (Å²) in [5, 5.41) is 0.839. The minimum absolute atomic E-state index is 0.377. The quantitative estimate of drug-likeness (QED) is 0.515. The SMILES string of the molecule is CN(C)CCCOc1cccc2cc(-c3ccncc3)c(=O)oc12. The van der Waals surface area contributed by atoms with E-state index in [1.54, 1.807) is 24.5 Å². The van der Waals surface area contributed by atoms with Crippen molar-refractivity contribution in [2.24, 2.45) is 0 Å². The Morgan fingerprint density at radius 3 is 2.71 bits per heavy atom. The van der Waals surface area contributed by atoms with Crippen molar-refractivity contribution in [3.8, 4) is 16.9 Å². The van der Waals surface area contributed by atoms with Crippen LogP contribution in [0.3, 0.4) is 0 Å². The molecule has 0 aliphatic carbocycles. The molecule has 0 spiro atoms. The molecule has 0 saturated heterocycles. The number of benzene rings is 1. The first kappa shape index (κ1) is 16.2. The molecular weight excluding hydrogens is 304 g/mol. The van der Waals surface area contributed by atoms with Crippen molar-refractivity contribution < 1.29 is 9.15 Å². The van der Waals surface area contributed by atoms with Crippen LogP contribution in [0.4, 0.5) is 0 Å². The lowest BCUT2D eigenvalue weighted by Crippen LogP contribution is -2.15. The van der Waals surface area contributed by atoms with Gasteiger partial charge in [-0.15, -0.1) is 0 Å². The number of nitrogens with zero attached hydrogens (tertiary/aromatic N) is 2. The predicted octanol–water partition coefficient (Wildman–Crippen LogP) is 3.19. The molecule has 2 aromatic heterocycles. The number of rotatable bonds is 6. The van der Waals surface area contributed by atoms with Crippen LogP contribution >= 0.6 is 0 Å². The minimum Gasteiger partial charge on any atom is -0.490 e. The zero-order chi connectivity index (χ0) is 16.9. The Labute approximate surface area is 140 Å². The highest BCUT2D eigenvalue weighted by molar-refractivity contribution is 5.86. The van der Waals surface area contributed by atoms with Crippen LogP contribution in [0.5, 0.6) is 5.75 Å². The minimum atomic E-state index is -0.377. The van der Waals surface area contributed by atoms with Gasteiger partial charge in [-0.25, -0.2) is 4.79 Å². The van der Waals surface area contributed by atoms with Gasteiger partial charge in [0.05, 0.1) is 12.2 Å². The monoisotopic (exact) mass is 324 g/mol. The zero-order valence-electron chi connectivity index (χ0n) is 13.9. The summed E-state index contributed by atoms with van der Waals surface area (Å²) in [5.41, 5.74) is 1.43. The Kier molecular flexibility index (Phi) is 4.91. The van der Waals surface area contributed by atoms with E-state index in [2.05, 4.69) is 9.88 Å². The first-order valence-corrected chi connectivity index (χ1v) is 7.90. The number of fused-ring (bicyclic) bond motifs is 1. The molecule has 3 aromatic rings. The van der Waals surface area contributed by atoms with Gasteiger partial charge in [-0.05, 0) is 50.3 Å². The van der Waals surface area contributed by atoms with Crippen LogP contribution in [-0.4, -0.2) is 37.1 Å². The lowest BCUT2D eigenvalue weighted by atomic mass is 10.1. The molecule has 124 valence electrons. The Bertz CT molecular complexity index is 873. The Hall–Kier alpha value is -2.66. The van der Waals surface area contributed by atoms with Crippen molar-refractivity contribution in [3.05, 3.63) is 59.2 Å². The highest BCUT2D eigenvalue weighted by Crippen LogP contribution is 2.27. The molecule has 0 unspecified atom stereocenters. The molecule has 2 heterocycles. The predicted molar refractivity (Wildman–Crippen MR) is 94.4 cm³/mol. The third-order valence-electron chi connectivity index (χ3n) is 3.72. The summed E-state index contributed by atoms with van der Waals surface area (Å²) in [6.45, 7) is 1.52. The largest absolute Gasteiger partial charge is 0.490 e. The van der Waals surface area contributed by atoms with Gasteiger partial charge in [0.2, 0.25) is 0 Å². The first-order valence-electron chi connectivity index (χ1n) is 7.90. The first-order chi connectivity index (χ1) is 11.6. The lowest BCUT2D eigenvalue weighted by molar-refractivity contribution is 0.280. The van der Waals surface area contributed by atoms with E-state index in [0.29, 0.717) is 23.5 Å². The van der Waals surface area contributed by atoms with Crippen molar-refractivity contribution >= 4 is 11.0 Å². The smallest absolute Gasteiger partial charge is 0.344 e. The van der Waals surface area contributed by atoms with Gasteiger partial charge in [0.1, 0.15) is 0 Å². The van der Waals surface area contributed by atoms with Crippen LogP contribution in [0.25, 0.3) is 22.1 Å². The second kappa shape index (κ2) is 7.27. The van der Waals surface area contributed by atoms with Crippen molar-refractivity contribution in [1.82, 2.24) is 9.88 Å². The second-order valence-corrected chi connectivity index (χ2v) is 5.86. The summed E-state index contributed by atoms with van der Waals surface area (Å²) in [6, 6.07) is 11.1. The molecule has 0 radical (unpaired) electrons. The van der Waals surface area contributed by atoms with Gasteiger partial charge in [-0.1, -0.05) is 12.1 Å². The zero-order valence-corrected chi connectivity index (χ0v) is 13.9. The van der Waals surface area contributed by atoms with E-state index < -0.39 is 0 Å². The van der Waals surface area contributed by atoms with Gasteiger partial charge in [-0.3, -0.25) is 4.98 Å². The van der Waals surface area contributed by atoms with Crippen molar-refractivity contribution in [3.63, 3.8) is 0 Å².